The highest BCUT2D eigenvalue weighted by molar-refractivity contribution is 5.78. The van der Waals surface area contributed by atoms with Crippen LogP contribution in [0.3, 0.4) is 0 Å². The van der Waals surface area contributed by atoms with Crippen LogP contribution in [0.4, 0.5) is 13.2 Å². The molecule has 0 aromatic heterocycles. The van der Waals surface area contributed by atoms with Gasteiger partial charge in [-0.15, -0.1) is 0 Å². The molecule has 1 aromatic rings. The third-order valence-corrected chi connectivity index (χ3v) is 3.89. The lowest BCUT2D eigenvalue weighted by Crippen LogP contribution is -2.47. The predicted octanol–water partition coefficient (Wildman–Crippen LogP) is 2.75. The number of amides is 1. The normalized spacial score (nSPS) is 20.5. The Morgan fingerprint density at radius 1 is 1.45 bits per heavy atom. The van der Waals surface area contributed by atoms with E-state index in [1.165, 1.54) is 6.07 Å². The molecule has 2 N–H and O–H groups in total. The quantitative estimate of drug-likeness (QED) is 0.897. The van der Waals surface area contributed by atoms with E-state index < -0.39 is 11.7 Å². The zero-order valence-corrected chi connectivity index (χ0v) is 12.5. The number of nitrogens with one attached hydrogen (secondary N) is 2. The van der Waals surface area contributed by atoms with E-state index in [4.69, 9.17) is 0 Å². The molecule has 2 atom stereocenters. The van der Waals surface area contributed by atoms with E-state index in [0.717, 1.165) is 38.1 Å². The topological polar surface area (TPSA) is 41.1 Å². The van der Waals surface area contributed by atoms with E-state index in [1.54, 1.807) is 13.0 Å². The van der Waals surface area contributed by atoms with Crippen molar-refractivity contribution in [2.75, 3.05) is 13.1 Å². The monoisotopic (exact) mass is 314 g/mol. The third-order valence-electron chi connectivity index (χ3n) is 3.89. The van der Waals surface area contributed by atoms with Crippen molar-refractivity contribution < 1.29 is 18.0 Å². The molecule has 1 amide bonds. The van der Waals surface area contributed by atoms with Crippen molar-refractivity contribution in [1.29, 1.82) is 0 Å². The fourth-order valence-electron chi connectivity index (χ4n) is 2.64. The van der Waals surface area contributed by atoms with Crippen molar-refractivity contribution in [1.82, 2.24) is 10.6 Å². The summed E-state index contributed by atoms with van der Waals surface area (Å²) in [5, 5.41) is 6.17. The van der Waals surface area contributed by atoms with Crippen LogP contribution in [0.2, 0.25) is 0 Å². The molecular formula is C16H21F3N2O. The molecule has 22 heavy (non-hydrogen) atoms. The summed E-state index contributed by atoms with van der Waals surface area (Å²) >= 11 is 0. The van der Waals surface area contributed by atoms with Crippen molar-refractivity contribution in [3.05, 3.63) is 35.4 Å². The number of hydrogen-bond donors (Lipinski definition) is 2. The van der Waals surface area contributed by atoms with Gasteiger partial charge < -0.3 is 10.6 Å². The van der Waals surface area contributed by atoms with Crippen LogP contribution >= 0.6 is 0 Å². The average molecular weight is 314 g/mol. The molecule has 0 aliphatic carbocycles. The number of piperidine rings is 1. The van der Waals surface area contributed by atoms with E-state index in [0.29, 0.717) is 12.0 Å². The fraction of sp³-hybridized carbons (Fsp3) is 0.562. The maximum atomic E-state index is 12.7. The minimum atomic E-state index is -4.35. The minimum Gasteiger partial charge on any atom is -0.352 e. The first-order valence-corrected chi connectivity index (χ1v) is 7.53. The van der Waals surface area contributed by atoms with Gasteiger partial charge in [-0.1, -0.05) is 25.1 Å². The number of hydrogen-bond acceptors (Lipinski definition) is 2. The van der Waals surface area contributed by atoms with Crippen molar-refractivity contribution in [2.24, 2.45) is 5.92 Å². The van der Waals surface area contributed by atoms with Gasteiger partial charge in [-0.05, 0) is 37.4 Å². The van der Waals surface area contributed by atoms with Gasteiger partial charge in [0.2, 0.25) is 5.91 Å². The van der Waals surface area contributed by atoms with E-state index in [1.807, 2.05) is 0 Å². The van der Waals surface area contributed by atoms with Crippen LogP contribution in [0.25, 0.3) is 0 Å². The smallest absolute Gasteiger partial charge is 0.352 e. The second kappa shape index (κ2) is 7.13. The van der Waals surface area contributed by atoms with Gasteiger partial charge in [0.1, 0.15) is 0 Å². The average Bonchev–Trinajstić information content (AvgIpc) is 2.47. The zero-order valence-electron chi connectivity index (χ0n) is 12.5. The number of halogens is 3. The molecule has 0 saturated carbocycles. The van der Waals surface area contributed by atoms with Crippen molar-refractivity contribution in [3.8, 4) is 0 Å². The van der Waals surface area contributed by atoms with Gasteiger partial charge in [-0.3, -0.25) is 4.79 Å². The first-order chi connectivity index (χ1) is 10.4. The first-order valence-electron chi connectivity index (χ1n) is 7.53. The Hall–Kier alpha value is -1.56. The second-order valence-electron chi connectivity index (χ2n) is 5.86. The van der Waals surface area contributed by atoms with Crippen molar-refractivity contribution in [2.45, 2.75) is 38.4 Å². The van der Waals surface area contributed by atoms with Crippen LogP contribution in [0.5, 0.6) is 0 Å². The maximum Gasteiger partial charge on any atom is 0.416 e. The van der Waals surface area contributed by atoms with Crippen LogP contribution in [-0.4, -0.2) is 25.0 Å². The zero-order chi connectivity index (χ0) is 16.2. The lowest BCUT2D eigenvalue weighted by atomic mass is 9.98. The molecule has 1 aliphatic heterocycles. The molecule has 0 spiro atoms. The van der Waals surface area contributed by atoms with Crippen molar-refractivity contribution >= 4 is 5.91 Å². The number of rotatable bonds is 4. The Balaban J connectivity index is 1.93. The van der Waals surface area contributed by atoms with Crippen LogP contribution in [-0.2, 0) is 17.4 Å². The van der Waals surface area contributed by atoms with E-state index in [9.17, 15) is 18.0 Å². The number of carbonyl (C=O) groups excluding carboxylic acids is 1. The predicted molar refractivity (Wildman–Crippen MR) is 78.3 cm³/mol. The Kier molecular flexibility index (Phi) is 5.45. The Morgan fingerprint density at radius 3 is 2.86 bits per heavy atom. The van der Waals surface area contributed by atoms with Crippen LogP contribution < -0.4 is 10.6 Å². The molecule has 1 heterocycles. The summed E-state index contributed by atoms with van der Waals surface area (Å²) in [6.45, 7) is 3.46. The lowest BCUT2D eigenvalue weighted by molar-refractivity contribution is -0.137. The number of carbonyl (C=O) groups is 1. The summed E-state index contributed by atoms with van der Waals surface area (Å²) in [7, 11) is 0. The summed E-state index contributed by atoms with van der Waals surface area (Å²) in [6, 6.07) is 5.29. The molecule has 1 unspecified atom stereocenters. The Bertz CT molecular complexity index is 510. The molecule has 1 fully saturated rings. The molecule has 3 nitrogen and oxygen atoms in total. The largest absolute Gasteiger partial charge is 0.416 e. The lowest BCUT2D eigenvalue weighted by Gasteiger charge is -2.25. The highest BCUT2D eigenvalue weighted by Gasteiger charge is 2.30. The summed E-state index contributed by atoms with van der Waals surface area (Å²) in [6.07, 6.45) is -2.09. The van der Waals surface area contributed by atoms with Gasteiger partial charge in [-0.2, -0.15) is 13.2 Å². The standard InChI is InChI=1S/C16H21F3N2O/c1-11(15(22)21-14-6-3-7-20-10-14)8-12-4-2-5-13(9-12)16(17,18)19/h2,4-5,9,11,14,20H,3,6-8,10H2,1H3,(H,21,22)/t11?,14-/m0/s1. The number of benzene rings is 1. The molecule has 1 saturated heterocycles. The molecule has 2 rings (SSSR count). The van der Waals surface area contributed by atoms with Crippen molar-refractivity contribution in [3.63, 3.8) is 0 Å². The summed E-state index contributed by atoms with van der Waals surface area (Å²) in [5.74, 6) is -0.462. The van der Waals surface area contributed by atoms with Gasteiger partial charge >= 0.3 is 6.18 Å². The van der Waals surface area contributed by atoms with Gasteiger partial charge in [0.05, 0.1) is 5.56 Å². The minimum absolute atomic E-state index is 0.105. The molecule has 1 aromatic carbocycles. The van der Waals surface area contributed by atoms with E-state index in [2.05, 4.69) is 10.6 Å². The Labute approximate surface area is 128 Å². The SMILES string of the molecule is CC(Cc1cccc(C(F)(F)F)c1)C(=O)N[C@H]1CCCNC1. The third kappa shape index (κ3) is 4.73. The van der Waals surface area contributed by atoms with Gasteiger partial charge in [0, 0.05) is 18.5 Å². The Morgan fingerprint density at radius 2 is 2.23 bits per heavy atom. The van der Waals surface area contributed by atoms with E-state index in [-0.39, 0.29) is 17.9 Å². The van der Waals surface area contributed by atoms with Gasteiger partial charge in [0.25, 0.3) is 0 Å². The van der Waals surface area contributed by atoms with E-state index >= 15 is 0 Å². The molecule has 1 aliphatic rings. The fourth-order valence-corrected chi connectivity index (χ4v) is 2.64. The van der Waals surface area contributed by atoms with Crippen LogP contribution in [0.1, 0.15) is 30.9 Å². The van der Waals surface area contributed by atoms with Gasteiger partial charge in [0.15, 0.2) is 0 Å². The van der Waals surface area contributed by atoms with Gasteiger partial charge in [-0.25, -0.2) is 0 Å². The van der Waals surface area contributed by atoms with Crippen LogP contribution in [0, 0.1) is 5.92 Å². The maximum absolute atomic E-state index is 12.7. The summed E-state index contributed by atoms with van der Waals surface area (Å²) in [5.41, 5.74) is -0.145. The highest BCUT2D eigenvalue weighted by atomic mass is 19.4. The molecule has 6 heteroatoms. The molecule has 0 bridgehead atoms. The molecule has 0 radical (unpaired) electrons. The molecule has 122 valence electrons. The van der Waals surface area contributed by atoms with Crippen LogP contribution in [0.15, 0.2) is 24.3 Å². The summed E-state index contributed by atoms with van der Waals surface area (Å²) in [4.78, 5) is 12.1. The second-order valence-corrected chi connectivity index (χ2v) is 5.86. The summed E-state index contributed by atoms with van der Waals surface area (Å²) < 4.78 is 38.1. The highest BCUT2D eigenvalue weighted by Crippen LogP contribution is 2.30. The number of alkyl halides is 3. The first kappa shape index (κ1) is 16.8. The molecular weight excluding hydrogens is 293 g/mol.